The first-order valence-electron chi connectivity index (χ1n) is 10.2. The van der Waals surface area contributed by atoms with E-state index in [0.717, 1.165) is 29.7 Å². The van der Waals surface area contributed by atoms with E-state index in [9.17, 15) is 9.59 Å². The van der Waals surface area contributed by atoms with E-state index in [1.54, 1.807) is 19.1 Å². The van der Waals surface area contributed by atoms with Gasteiger partial charge in [-0.1, -0.05) is 42.5 Å². The molecule has 0 radical (unpaired) electrons. The lowest BCUT2D eigenvalue weighted by molar-refractivity contribution is 0.102. The fourth-order valence-electron chi connectivity index (χ4n) is 3.53. The zero-order valence-corrected chi connectivity index (χ0v) is 17.0. The van der Waals surface area contributed by atoms with Crippen molar-refractivity contribution in [2.24, 2.45) is 0 Å². The third-order valence-corrected chi connectivity index (χ3v) is 5.28. The van der Waals surface area contributed by atoms with Gasteiger partial charge in [0, 0.05) is 29.3 Å². The molecule has 0 aliphatic heterocycles. The van der Waals surface area contributed by atoms with E-state index in [-0.39, 0.29) is 17.4 Å². The highest BCUT2D eigenvalue weighted by atomic mass is 16.1. The van der Waals surface area contributed by atoms with E-state index < -0.39 is 0 Å². The molecule has 2 aromatic carbocycles. The summed E-state index contributed by atoms with van der Waals surface area (Å²) in [6.07, 6.45) is 2.15. The van der Waals surface area contributed by atoms with E-state index in [0.29, 0.717) is 23.0 Å². The van der Waals surface area contributed by atoms with Crippen LogP contribution in [0.1, 0.15) is 40.5 Å². The van der Waals surface area contributed by atoms with Crippen LogP contribution in [0.4, 0.5) is 5.82 Å². The van der Waals surface area contributed by atoms with Gasteiger partial charge in [0.05, 0.1) is 5.69 Å². The summed E-state index contributed by atoms with van der Waals surface area (Å²) >= 11 is 0. The maximum Gasteiger partial charge on any atom is 0.256 e. The number of nitrogens with zero attached hydrogens (tertiary/aromatic N) is 3. The van der Waals surface area contributed by atoms with Gasteiger partial charge in [-0.2, -0.15) is 9.78 Å². The maximum absolute atomic E-state index is 12.9. The van der Waals surface area contributed by atoms with E-state index in [1.165, 1.54) is 10.7 Å². The number of rotatable bonds is 5. The first-order valence-corrected chi connectivity index (χ1v) is 10.2. The number of hydrogen-bond acceptors (Lipinski definition) is 4. The van der Waals surface area contributed by atoms with Crippen molar-refractivity contribution in [3.8, 4) is 17.1 Å². The Labute approximate surface area is 178 Å². The van der Waals surface area contributed by atoms with Gasteiger partial charge in [-0.3, -0.25) is 14.6 Å². The lowest BCUT2D eigenvalue weighted by Gasteiger charge is -2.09. The van der Waals surface area contributed by atoms with E-state index in [1.807, 2.05) is 48.5 Å². The molecule has 2 aromatic heterocycles. The molecule has 0 spiro atoms. The Morgan fingerprint density at radius 2 is 1.74 bits per heavy atom. The maximum atomic E-state index is 12.9. The number of nitrogens with one attached hydrogen (secondary N) is 2. The van der Waals surface area contributed by atoms with Crippen molar-refractivity contribution in [2.45, 2.75) is 25.7 Å². The molecular formula is C24H21N5O2. The molecule has 2 N–H and O–H groups in total. The number of aromatic nitrogens is 4. The topological polar surface area (TPSA) is 92.7 Å². The second-order valence-electron chi connectivity index (χ2n) is 7.75. The summed E-state index contributed by atoms with van der Waals surface area (Å²) in [5.74, 6) is 0.899. The van der Waals surface area contributed by atoms with Crippen molar-refractivity contribution in [1.82, 2.24) is 19.7 Å². The van der Waals surface area contributed by atoms with Crippen LogP contribution in [0.2, 0.25) is 0 Å². The Bertz CT molecular complexity index is 1300. The van der Waals surface area contributed by atoms with Gasteiger partial charge in [-0.05, 0) is 43.0 Å². The van der Waals surface area contributed by atoms with Gasteiger partial charge in [0.25, 0.3) is 11.5 Å². The summed E-state index contributed by atoms with van der Waals surface area (Å²) < 4.78 is 1.50. The van der Waals surface area contributed by atoms with Gasteiger partial charge in [0.1, 0.15) is 5.82 Å². The second kappa shape index (κ2) is 7.68. The third kappa shape index (κ3) is 4.02. The summed E-state index contributed by atoms with van der Waals surface area (Å²) in [7, 11) is 0. The number of H-pyrrole nitrogens is 1. The van der Waals surface area contributed by atoms with Crippen LogP contribution in [0.25, 0.3) is 17.1 Å². The largest absolute Gasteiger partial charge is 0.306 e. The Morgan fingerprint density at radius 1 is 1.03 bits per heavy atom. The molecule has 1 saturated carbocycles. The highest BCUT2D eigenvalue weighted by Gasteiger charge is 2.28. The summed E-state index contributed by atoms with van der Waals surface area (Å²) in [6, 6.07) is 20.7. The van der Waals surface area contributed by atoms with Crippen molar-refractivity contribution < 1.29 is 4.79 Å². The van der Waals surface area contributed by atoms with E-state index >= 15 is 0 Å². The molecule has 1 fully saturated rings. The van der Waals surface area contributed by atoms with Gasteiger partial charge in [-0.25, -0.2) is 4.98 Å². The molecule has 4 aromatic rings. The van der Waals surface area contributed by atoms with Crippen LogP contribution in [0.5, 0.6) is 0 Å². The van der Waals surface area contributed by atoms with Crippen molar-refractivity contribution in [2.75, 3.05) is 5.32 Å². The fraction of sp³-hybridized carbons (Fsp3) is 0.167. The van der Waals surface area contributed by atoms with Gasteiger partial charge in [0.2, 0.25) is 5.95 Å². The van der Waals surface area contributed by atoms with Crippen LogP contribution in [-0.2, 0) is 0 Å². The smallest absolute Gasteiger partial charge is 0.256 e. The fourth-order valence-corrected chi connectivity index (χ4v) is 3.53. The Hall–Kier alpha value is -4.00. The Morgan fingerprint density at radius 3 is 2.42 bits per heavy atom. The molecule has 0 atom stereocenters. The lowest BCUT2D eigenvalue weighted by atomic mass is 10.0. The van der Waals surface area contributed by atoms with Gasteiger partial charge >= 0.3 is 0 Å². The molecular weight excluding hydrogens is 390 g/mol. The quantitative estimate of drug-likeness (QED) is 0.518. The van der Waals surface area contributed by atoms with E-state index in [4.69, 9.17) is 0 Å². The number of hydrogen-bond donors (Lipinski definition) is 2. The molecule has 1 amide bonds. The third-order valence-electron chi connectivity index (χ3n) is 5.28. The van der Waals surface area contributed by atoms with Crippen LogP contribution >= 0.6 is 0 Å². The Balaban J connectivity index is 1.44. The molecule has 1 aliphatic rings. The molecule has 154 valence electrons. The number of aromatic amines is 1. The van der Waals surface area contributed by atoms with Crippen molar-refractivity contribution in [3.63, 3.8) is 0 Å². The number of carbonyl (C=O) groups excluding carboxylic acids is 1. The standard InChI is InChI=1S/C24H21N5O2/c1-15-13-22(30)27-24(25-15)29-21(14-20(28-29)18-9-10-18)26-23(31)19-11-7-17(8-12-19)16-5-3-2-4-6-16/h2-8,11-14,18H,9-10H2,1H3,(H,26,31)(H,25,27,30). The summed E-state index contributed by atoms with van der Waals surface area (Å²) in [5.41, 5.74) is 3.87. The normalized spacial score (nSPS) is 13.2. The van der Waals surface area contributed by atoms with Crippen molar-refractivity contribution >= 4 is 11.7 Å². The molecule has 2 heterocycles. The first-order chi connectivity index (χ1) is 15.1. The lowest BCUT2D eigenvalue weighted by Crippen LogP contribution is -2.18. The van der Waals surface area contributed by atoms with Gasteiger partial charge in [-0.15, -0.1) is 0 Å². The summed E-state index contributed by atoms with van der Waals surface area (Å²) in [6.45, 7) is 1.75. The average molecular weight is 411 g/mol. The van der Waals surface area contributed by atoms with Crippen molar-refractivity contribution in [1.29, 1.82) is 0 Å². The van der Waals surface area contributed by atoms with E-state index in [2.05, 4.69) is 20.4 Å². The number of amides is 1. The predicted molar refractivity (Wildman–Crippen MR) is 119 cm³/mol. The molecule has 0 saturated heterocycles. The second-order valence-corrected chi connectivity index (χ2v) is 7.75. The highest BCUT2D eigenvalue weighted by molar-refractivity contribution is 6.04. The zero-order valence-electron chi connectivity index (χ0n) is 17.0. The van der Waals surface area contributed by atoms with Crippen LogP contribution < -0.4 is 10.9 Å². The predicted octanol–water partition coefficient (Wildman–Crippen LogP) is 4.06. The minimum atomic E-state index is -0.264. The van der Waals surface area contributed by atoms with Gasteiger partial charge in [0.15, 0.2) is 0 Å². The number of anilines is 1. The molecule has 31 heavy (non-hydrogen) atoms. The molecule has 0 bridgehead atoms. The minimum Gasteiger partial charge on any atom is -0.306 e. The molecule has 0 unspecified atom stereocenters. The molecule has 7 nitrogen and oxygen atoms in total. The number of benzene rings is 2. The molecule has 7 heteroatoms. The zero-order chi connectivity index (χ0) is 21.4. The average Bonchev–Trinajstić information content (AvgIpc) is 3.54. The van der Waals surface area contributed by atoms with Crippen molar-refractivity contribution in [3.05, 3.63) is 94.0 Å². The van der Waals surface area contributed by atoms with Crippen LogP contribution in [0.3, 0.4) is 0 Å². The van der Waals surface area contributed by atoms with Crippen LogP contribution in [0, 0.1) is 6.92 Å². The monoisotopic (exact) mass is 411 g/mol. The molecule has 5 rings (SSSR count). The SMILES string of the molecule is Cc1cc(=O)[nH]c(-n2nc(C3CC3)cc2NC(=O)c2ccc(-c3ccccc3)cc2)n1. The number of aryl methyl sites for hydroxylation is 1. The summed E-state index contributed by atoms with van der Waals surface area (Å²) in [5, 5.41) is 7.52. The first kappa shape index (κ1) is 19.0. The Kier molecular flexibility index (Phi) is 4.71. The molecule has 1 aliphatic carbocycles. The van der Waals surface area contributed by atoms with Crippen LogP contribution in [-0.4, -0.2) is 25.7 Å². The number of carbonyl (C=O) groups is 1. The summed E-state index contributed by atoms with van der Waals surface area (Å²) in [4.78, 5) is 31.9. The highest BCUT2D eigenvalue weighted by Crippen LogP contribution is 2.40. The van der Waals surface area contributed by atoms with Gasteiger partial charge < -0.3 is 5.32 Å². The van der Waals surface area contributed by atoms with Crippen LogP contribution in [0.15, 0.2) is 71.5 Å². The minimum absolute atomic E-state index is 0.252.